The molecule has 0 saturated carbocycles. The lowest BCUT2D eigenvalue weighted by atomic mass is 10.1. The lowest BCUT2D eigenvalue weighted by Crippen LogP contribution is -2.30. The molecule has 0 aromatic rings. The molecule has 0 heterocycles. The van der Waals surface area contributed by atoms with Crippen molar-refractivity contribution in [2.24, 2.45) is 0 Å². The van der Waals surface area contributed by atoms with Gasteiger partial charge in [-0.25, -0.2) is 0 Å². The van der Waals surface area contributed by atoms with Crippen molar-refractivity contribution in [3.05, 3.63) is 11.6 Å². The number of hydrogen-bond acceptors (Lipinski definition) is 8. The average Bonchev–Trinajstić information content (AvgIpc) is 2.60. The van der Waals surface area contributed by atoms with Crippen molar-refractivity contribution in [3.8, 4) is 0 Å². The van der Waals surface area contributed by atoms with Gasteiger partial charge < -0.3 is 23.8 Å². The molecular weight excluding hydrogens is 425 g/mol. The molecule has 1 unspecified atom stereocenters. The molecule has 0 radical (unpaired) electrons. The van der Waals surface area contributed by atoms with Crippen molar-refractivity contribution in [2.75, 3.05) is 19.4 Å². The normalized spacial score (nSPS) is 13.2. The molecule has 0 spiro atoms. The van der Waals surface area contributed by atoms with Crippen LogP contribution in [0.2, 0.25) is 0 Å². The number of hydrogen-bond donors (Lipinski definition) is 1. The minimum atomic E-state index is -3.50. The van der Waals surface area contributed by atoms with E-state index in [-0.39, 0.29) is 43.8 Å². The summed E-state index contributed by atoms with van der Waals surface area (Å²) in [5, 5.41) is 2.57. The van der Waals surface area contributed by atoms with Crippen molar-refractivity contribution >= 4 is 25.9 Å². The molecule has 0 bridgehead atoms. The molecule has 31 heavy (non-hydrogen) atoms. The molecule has 0 fully saturated rings. The third kappa shape index (κ3) is 14.9. The standard InChI is InChI=1S/C21H38NO8P/c1-7-27-20(24)11-9-10-18(12-19(22-15-23)13-21(25)28-8-2)14-31(26,29-16(3)4)30-17(5)6/h12,15-17,19H,7-11,13-14H2,1-6H3,(H,22,23)/b18-12+. The van der Waals surface area contributed by atoms with E-state index in [1.54, 1.807) is 47.6 Å². The van der Waals surface area contributed by atoms with E-state index >= 15 is 0 Å². The molecule has 0 rings (SSSR count). The highest BCUT2D eigenvalue weighted by Crippen LogP contribution is 2.52. The number of amides is 1. The first-order valence-electron chi connectivity index (χ1n) is 10.7. The summed E-state index contributed by atoms with van der Waals surface area (Å²) in [6.07, 6.45) is 2.44. The maximum atomic E-state index is 13.3. The lowest BCUT2D eigenvalue weighted by molar-refractivity contribution is -0.144. The van der Waals surface area contributed by atoms with Gasteiger partial charge in [-0.2, -0.15) is 0 Å². The van der Waals surface area contributed by atoms with E-state index in [1.165, 1.54) is 0 Å². The third-order valence-electron chi connectivity index (χ3n) is 3.73. The second-order valence-corrected chi connectivity index (χ2v) is 9.42. The van der Waals surface area contributed by atoms with Gasteiger partial charge in [0.15, 0.2) is 0 Å². The lowest BCUT2D eigenvalue weighted by Gasteiger charge is -2.24. The highest BCUT2D eigenvalue weighted by molar-refractivity contribution is 7.54. The maximum absolute atomic E-state index is 13.3. The van der Waals surface area contributed by atoms with E-state index in [0.717, 1.165) is 0 Å². The fourth-order valence-corrected chi connectivity index (χ4v) is 5.08. The molecule has 0 aromatic heterocycles. The Hall–Kier alpha value is -1.70. The molecule has 0 saturated heterocycles. The fraction of sp³-hybridized carbons (Fsp3) is 0.762. The quantitative estimate of drug-likeness (QED) is 0.150. The highest BCUT2D eigenvalue weighted by atomic mass is 31.2. The summed E-state index contributed by atoms with van der Waals surface area (Å²) < 4.78 is 34.5. The van der Waals surface area contributed by atoms with Gasteiger partial charge >= 0.3 is 19.5 Å². The number of nitrogens with one attached hydrogen (secondary N) is 1. The van der Waals surface area contributed by atoms with Gasteiger partial charge in [0, 0.05) is 6.42 Å². The van der Waals surface area contributed by atoms with Crippen LogP contribution in [0, 0.1) is 0 Å². The molecule has 0 aliphatic carbocycles. The van der Waals surface area contributed by atoms with Gasteiger partial charge in [-0.3, -0.25) is 18.9 Å². The zero-order valence-electron chi connectivity index (χ0n) is 19.5. The Balaban J connectivity index is 5.66. The first-order valence-corrected chi connectivity index (χ1v) is 12.4. The van der Waals surface area contributed by atoms with Crippen LogP contribution in [0.3, 0.4) is 0 Å². The first-order chi connectivity index (χ1) is 14.5. The number of allylic oxidation sites excluding steroid dienone is 1. The van der Waals surface area contributed by atoms with Crippen LogP contribution in [-0.4, -0.2) is 56.0 Å². The zero-order chi connectivity index (χ0) is 23.9. The summed E-state index contributed by atoms with van der Waals surface area (Å²) in [4.78, 5) is 34.6. The van der Waals surface area contributed by atoms with Gasteiger partial charge in [0.2, 0.25) is 6.41 Å². The number of rotatable bonds is 17. The van der Waals surface area contributed by atoms with E-state index in [0.29, 0.717) is 31.4 Å². The van der Waals surface area contributed by atoms with Gasteiger partial charge in [0.05, 0.1) is 44.0 Å². The summed E-state index contributed by atoms with van der Waals surface area (Å²) in [6.45, 7) is 11.0. The molecule has 1 amide bonds. The minimum Gasteiger partial charge on any atom is -0.466 e. The van der Waals surface area contributed by atoms with Crippen LogP contribution in [-0.2, 0) is 37.5 Å². The van der Waals surface area contributed by atoms with Crippen LogP contribution in [0.15, 0.2) is 11.6 Å². The van der Waals surface area contributed by atoms with Crippen molar-refractivity contribution < 1.29 is 37.5 Å². The van der Waals surface area contributed by atoms with Gasteiger partial charge in [-0.15, -0.1) is 0 Å². The Kier molecular flexibility index (Phi) is 15.1. The molecule has 0 aromatic carbocycles. The van der Waals surface area contributed by atoms with Crippen LogP contribution < -0.4 is 5.32 Å². The molecule has 180 valence electrons. The van der Waals surface area contributed by atoms with E-state index < -0.39 is 19.6 Å². The predicted molar refractivity (Wildman–Crippen MR) is 118 cm³/mol. The Morgan fingerprint density at radius 1 is 0.935 bits per heavy atom. The maximum Gasteiger partial charge on any atom is 0.335 e. The molecule has 0 aliphatic rings. The molecule has 1 atom stereocenters. The summed E-state index contributed by atoms with van der Waals surface area (Å²) in [5.41, 5.74) is 0.651. The van der Waals surface area contributed by atoms with Crippen molar-refractivity contribution in [3.63, 3.8) is 0 Å². The van der Waals surface area contributed by atoms with Gasteiger partial charge in [0.1, 0.15) is 0 Å². The largest absolute Gasteiger partial charge is 0.466 e. The number of ether oxygens (including phenoxy) is 2. The summed E-state index contributed by atoms with van der Waals surface area (Å²) in [7, 11) is -3.50. The fourth-order valence-electron chi connectivity index (χ4n) is 2.84. The van der Waals surface area contributed by atoms with E-state index in [2.05, 4.69) is 5.32 Å². The first kappa shape index (κ1) is 29.3. The molecule has 1 N–H and O–H groups in total. The SMILES string of the molecule is CCOC(=O)CCC/C(=C\C(CC(=O)OCC)NC=O)CP(=O)(OC(C)C)OC(C)C. The summed E-state index contributed by atoms with van der Waals surface area (Å²) >= 11 is 0. The van der Waals surface area contributed by atoms with Gasteiger partial charge in [-0.05, 0) is 54.4 Å². The average molecular weight is 464 g/mol. The van der Waals surface area contributed by atoms with Crippen molar-refractivity contribution in [1.82, 2.24) is 5.32 Å². The highest BCUT2D eigenvalue weighted by Gasteiger charge is 2.29. The summed E-state index contributed by atoms with van der Waals surface area (Å²) in [6, 6.07) is -0.652. The Morgan fingerprint density at radius 2 is 1.48 bits per heavy atom. The monoisotopic (exact) mass is 463 g/mol. The van der Waals surface area contributed by atoms with Crippen LogP contribution in [0.25, 0.3) is 0 Å². The van der Waals surface area contributed by atoms with E-state index in [4.69, 9.17) is 18.5 Å². The molecule has 9 nitrogen and oxygen atoms in total. The second-order valence-electron chi connectivity index (χ2n) is 7.46. The molecule has 0 aliphatic heterocycles. The van der Waals surface area contributed by atoms with Crippen LogP contribution >= 0.6 is 7.60 Å². The van der Waals surface area contributed by atoms with Gasteiger partial charge in [0.25, 0.3) is 0 Å². The number of carbonyl (C=O) groups excluding carboxylic acids is 3. The van der Waals surface area contributed by atoms with Crippen molar-refractivity contribution in [2.45, 2.75) is 85.5 Å². The third-order valence-corrected chi connectivity index (χ3v) is 6.01. The van der Waals surface area contributed by atoms with Crippen LogP contribution in [0.1, 0.15) is 67.2 Å². The van der Waals surface area contributed by atoms with E-state index in [9.17, 15) is 18.9 Å². The number of carbonyl (C=O) groups is 3. The Bertz CT molecular complexity index is 619. The van der Waals surface area contributed by atoms with Crippen LogP contribution in [0.5, 0.6) is 0 Å². The molecule has 10 heteroatoms. The number of esters is 2. The minimum absolute atomic E-state index is 0.0218. The van der Waals surface area contributed by atoms with Gasteiger partial charge in [-0.1, -0.05) is 11.6 Å². The Morgan fingerprint density at radius 3 is 1.97 bits per heavy atom. The predicted octanol–water partition coefficient (Wildman–Crippen LogP) is 3.76. The second kappa shape index (κ2) is 16.0. The Labute approximate surface area is 185 Å². The summed E-state index contributed by atoms with van der Waals surface area (Å²) in [5.74, 6) is -0.792. The van der Waals surface area contributed by atoms with Crippen molar-refractivity contribution in [1.29, 1.82) is 0 Å². The molecular formula is C21H38NO8P. The van der Waals surface area contributed by atoms with Crippen LogP contribution in [0.4, 0.5) is 0 Å². The van der Waals surface area contributed by atoms with E-state index in [1.807, 2.05) is 0 Å². The smallest absolute Gasteiger partial charge is 0.335 e. The zero-order valence-corrected chi connectivity index (χ0v) is 20.4. The topological polar surface area (TPSA) is 117 Å².